The molecule has 116 valence electrons. The van der Waals surface area contributed by atoms with Crippen LogP contribution in [0.5, 0.6) is 0 Å². The summed E-state index contributed by atoms with van der Waals surface area (Å²) in [5, 5.41) is 10.0. The Bertz CT molecular complexity index is 651. The third kappa shape index (κ3) is 2.78. The zero-order valence-corrected chi connectivity index (χ0v) is 12.3. The number of halogens is 1. The molecule has 5 heteroatoms. The van der Waals surface area contributed by atoms with Crippen LogP contribution in [-0.2, 0) is 6.54 Å². The molecule has 2 fully saturated rings. The van der Waals surface area contributed by atoms with Crippen LogP contribution >= 0.6 is 0 Å². The van der Waals surface area contributed by atoms with E-state index in [2.05, 4.69) is 9.88 Å². The molecule has 1 N–H and O–H groups in total. The first-order valence-electron chi connectivity index (χ1n) is 7.81. The van der Waals surface area contributed by atoms with Gasteiger partial charge >= 0.3 is 0 Å². The van der Waals surface area contributed by atoms with E-state index in [4.69, 9.17) is 4.42 Å². The number of benzene rings is 1. The summed E-state index contributed by atoms with van der Waals surface area (Å²) in [6, 6.07) is 6.59. The summed E-state index contributed by atoms with van der Waals surface area (Å²) in [7, 11) is 0. The molecule has 1 aromatic heterocycles. The Hall–Kier alpha value is -1.72. The molecule has 22 heavy (non-hydrogen) atoms. The summed E-state index contributed by atoms with van der Waals surface area (Å²) in [5.41, 5.74) is 1.02. The van der Waals surface area contributed by atoms with Crippen molar-refractivity contribution in [3.05, 3.63) is 53.5 Å². The predicted octanol–water partition coefficient (Wildman–Crippen LogP) is 3.00. The van der Waals surface area contributed by atoms with Gasteiger partial charge in [-0.1, -0.05) is 12.1 Å². The zero-order valence-electron chi connectivity index (χ0n) is 12.3. The molecule has 2 aromatic rings. The number of hydrogen-bond acceptors (Lipinski definition) is 4. The average molecular weight is 302 g/mol. The summed E-state index contributed by atoms with van der Waals surface area (Å²) in [4.78, 5) is 6.51. The lowest BCUT2D eigenvalue weighted by Crippen LogP contribution is -2.24. The van der Waals surface area contributed by atoms with Gasteiger partial charge in [-0.05, 0) is 37.0 Å². The average Bonchev–Trinajstić information content (AvgIpc) is 3.15. The van der Waals surface area contributed by atoms with E-state index in [0.717, 1.165) is 11.3 Å². The summed E-state index contributed by atoms with van der Waals surface area (Å²) in [5.74, 6) is 1.99. The summed E-state index contributed by atoms with van der Waals surface area (Å²) in [6.07, 6.45) is 4.49. The van der Waals surface area contributed by atoms with Gasteiger partial charge in [0.05, 0.1) is 18.8 Å². The van der Waals surface area contributed by atoms with Gasteiger partial charge in [-0.25, -0.2) is 9.37 Å². The van der Waals surface area contributed by atoms with Crippen LogP contribution in [0.25, 0.3) is 0 Å². The molecule has 2 atom stereocenters. The lowest BCUT2D eigenvalue weighted by molar-refractivity contribution is 0.166. The zero-order chi connectivity index (χ0) is 15.1. The molecule has 1 aliphatic heterocycles. The van der Waals surface area contributed by atoms with Crippen molar-refractivity contribution in [3.63, 3.8) is 0 Å². The maximum Gasteiger partial charge on any atom is 0.208 e. The van der Waals surface area contributed by atoms with E-state index in [1.165, 1.54) is 25.0 Å². The summed E-state index contributed by atoms with van der Waals surface area (Å²) < 4.78 is 18.9. The monoisotopic (exact) mass is 302 g/mol. The Morgan fingerprint density at radius 2 is 2.05 bits per heavy atom. The van der Waals surface area contributed by atoms with Crippen LogP contribution in [0.1, 0.15) is 48.4 Å². The molecule has 0 bridgehead atoms. The van der Waals surface area contributed by atoms with Crippen molar-refractivity contribution < 1.29 is 13.9 Å². The van der Waals surface area contributed by atoms with Gasteiger partial charge in [-0.15, -0.1) is 0 Å². The normalized spacial score (nSPS) is 25.7. The molecule has 0 spiro atoms. The van der Waals surface area contributed by atoms with Crippen molar-refractivity contribution in [2.24, 2.45) is 0 Å². The molecule has 1 saturated carbocycles. The maximum absolute atomic E-state index is 13.1. The molecule has 4 nitrogen and oxygen atoms in total. The lowest BCUT2D eigenvalue weighted by atomic mass is 10.0. The van der Waals surface area contributed by atoms with E-state index in [1.807, 2.05) is 6.20 Å². The summed E-state index contributed by atoms with van der Waals surface area (Å²) in [6.45, 7) is 1.16. The minimum atomic E-state index is -0.368. The van der Waals surface area contributed by atoms with E-state index in [-0.39, 0.29) is 18.0 Å². The minimum absolute atomic E-state index is 0.0758. The number of nitrogens with zero attached hydrogens (tertiary/aromatic N) is 2. The first kappa shape index (κ1) is 13.9. The Labute approximate surface area is 128 Å². The molecule has 1 aliphatic carbocycles. The number of β-amino-alcohol motifs (C(OH)–C–C–N with tert-alkyl or cyclic N) is 1. The lowest BCUT2D eigenvalue weighted by Gasteiger charge is -2.22. The van der Waals surface area contributed by atoms with Gasteiger partial charge in [0.25, 0.3) is 0 Å². The van der Waals surface area contributed by atoms with Crippen molar-refractivity contribution in [1.82, 2.24) is 9.88 Å². The number of hydrogen-bond donors (Lipinski definition) is 1. The second kappa shape index (κ2) is 5.48. The van der Waals surface area contributed by atoms with E-state index in [9.17, 15) is 9.50 Å². The van der Waals surface area contributed by atoms with Gasteiger partial charge in [0.2, 0.25) is 5.89 Å². The van der Waals surface area contributed by atoms with E-state index in [0.29, 0.717) is 31.3 Å². The van der Waals surface area contributed by atoms with Crippen molar-refractivity contribution in [1.29, 1.82) is 0 Å². The number of rotatable bonds is 4. The first-order chi connectivity index (χ1) is 10.7. The van der Waals surface area contributed by atoms with Gasteiger partial charge in [-0.2, -0.15) is 0 Å². The Balaban J connectivity index is 1.51. The molecule has 0 unspecified atom stereocenters. The topological polar surface area (TPSA) is 49.5 Å². The molecular formula is C17H19FN2O2. The SMILES string of the molecule is O[C@@H]1C[C@H](c2ccc(F)cc2)N(Cc2ncc(C3CC3)o2)C1. The maximum atomic E-state index is 13.1. The van der Waals surface area contributed by atoms with E-state index in [1.54, 1.807) is 12.1 Å². The molecule has 2 aliphatic rings. The molecule has 0 radical (unpaired) electrons. The smallest absolute Gasteiger partial charge is 0.208 e. The van der Waals surface area contributed by atoms with Crippen molar-refractivity contribution >= 4 is 0 Å². The van der Waals surface area contributed by atoms with Gasteiger partial charge in [-0.3, -0.25) is 4.90 Å². The molecule has 0 amide bonds. The quantitative estimate of drug-likeness (QED) is 0.943. The van der Waals surface area contributed by atoms with Crippen LogP contribution < -0.4 is 0 Å². The highest BCUT2D eigenvalue weighted by Gasteiger charge is 2.33. The number of likely N-dealkylation sites (tertiary alicyclic amines) is 1. The first-order valence-corrected chi connectivity index (χ1v) is 7.81. The largest absolute Gasteiger partial charge is 0.444 e. The van der Waals surface area contributed by atoms with E-state index >= 15 is 0 Å². The number of aromatic nitrogens is 1. The highest BCUT2D eigenvalue weighted by atomic mass is 19.1. The third-order valence-corrected chi connectivity index (χ3v) is 4.53. The molecular weight excluding hydrogens is 283 g/mol. The van der Waals surface area contributed by atoms with Crippen molar-refractivity contribution in [2.45, 2.75) is 43.9 Å². The highest BCUT2D eigenvalue weighted by Crippen LogP contribution is 2.40. The van der Waals surface area contributed by atoms with Gasteiger partial charge in [0, 0.05) is 18.5 Å². The van der Waals surface area contributed by atoms with Crippen LogP contribution in [0.3, 0.4) is 0 Å². The molecule has 1 saturated heterocycles. The van der Waals surface area contributed by atoms with Crippen LogP contribution in [-0.4, -0.2) is 27.6 Å². The number of aliphatic hydroxyl groups excluding tert-OH is 1. The second-order valence-electron chi connectivity index (χ2n) is 6.32. The standard InChI is InChI=1S/C17H19FN2O2/c18-13-5-3-11(4-6-13)15-7-14(21)9-20(15)10-17-19-8-16(22-17)12-1-2-12/h3-6,8,12,14-15,21H,1-2,7,9-10H2/t14-,15-/m1/s1. The Morgan fingerprint density at radius 1 is 1.27 bits per heavy atom. The number of aliphatic hydroxyl groups is 1. The summed E-state index contributed by atoms with van der Waals surface area (Å²) >= 11 is 0. The molecule has 2 heterocycles. The molecule has 1 aromatic carbocycles. The van der Waals surface area contributed by atoms with Crippen LogP contribution in [0, 0.1) is 5.82 Å². The minimum Gasteiger partial charge on any atom is -0.444 e. The molecule has 4 rings (SSSR count). The highest BCUT2D eigenvalue weighted by molar-refractivity contribution is 5.21. The number of oxazole rings is 1. The van der Waals surface area contributed by atoms with Crippen LogP contribution in [0.2, 0.25) is 0 Å². The van der Waals surface area contributed by atoms with Crippen molar-refractivity contribution in [3.8, 4) is 0 Å². The third-order valence-electron chi connectivity index (χ3n) is 4.53. The fraction of sp³-hybridized carbons (Fsp3) is 0.471. The fourth-order valence-electron chi connectivity index (χ4n) is 3.21. The van der Waals surface area contributed by atoms with Crippen LogP contribution in [0.4, 0.5) is 4.39 Å². The van der Waals surface area contributed by atoms with Gasteiger partial charge in [0.15, 0.2) is 0 Å². The van der Waals surface area contributed by atoms with Crippen LogP contribution in [0.15, 0.2) is 34.9 Å². The fourth-order valence-corrected chi connectivity index (χ4v) is 3.21. The Kier molecular flexibility index (Phi) is 3.47. The Morgan fingerprint density at radius 3 is 2.77 bits per heavy atom. The van der Waals surface area contributed by atoms with Gasteiger partial charge < -0.3 is 9.52 Å². The second-order valence-corrected chi connectivity index (χ2v) is 6.32. The van der Waals surface area contributed by atoms with E-state index < -0.39 is 0 Å². The van der Waals surface area contributed by atoms with Gasteiger partial charge in [0.1, 0.15) is 11.6 Å². The van der Waals surface area contributed by atoms with Crippen molar-refractivity contribution in [2.75, 3.05) is 6.54 Å². The predicted molar refractivity (Wildman–Crippen MR) is 78.7 cm³/mol.